The molecule has 0 spiro atoms. The van der Waals surface area contributed by atoms with Crippen LogP contribution in [-0.4, -0.2) is 62.5 Å². The van der Waals surface area contributed by atoms with Gasteiger partial charge in [-0.25, -0.2) is 4.98 Å². The summed E-state index contributed by atoms with van der Waals surface area (Å²) in [5.74, 6) is 0.886. The van der Waals surface area contributed by atoms with Gasteiger partial charge in [-0.05, 0) is 25.8 Å². The minimum Gasteiger partial charge on any atom is -0.376 e. The Balaban J connectivity index is 1.73. The Labute approximate surface area is 140 Å². The Morgan fingerprint density at radius 3 is 3.00 bits per heavy atom. The zero-order valence-electron chi connectivity index (χ0n) is 14.2. The summed E-state index contributed by atoms with van der Waals surface area (Å²) in [6.45, 7) is 4.96. The van der Waals surface area contributed by atoms with Crippen LogP contribution in [0, 0.1) is 6.92 Å². The van der Waals surface area contributed by atoms with Crippen molar-refractivity contribution < 1.29 is 9.53 Å². The number of likely N-dealkylation sites (N-methyl/N-ethyl adjacent to an activating group) is 1. The highest BCUT2D eigenvalue weighted by atomic mass is 16.5. The maximum atomic E-state index is 12.8. The lowest BCUT2D eigenvalue weighted by molar-refractivity contribution is 0.0549. The molecule has 3 rings (SSSR count). The van der Waals surface area contributed by atoms with Crippen LogP contribution in [0.2, 0.25) is 0 Å². The fourth-order valence-electron chi connectivity index (χ4n) is 3.05. The van der Waals surface area contributed by atoms with E-state index in [4.69, 9.17) is 4.74 Å². The van der Waals surface area contributed by atoms with E-state index in [9.17, 15) is 4.79 Å². The summed E-state index contributed by atoms with van der Waals surface area (Å²) in [5.41, 5.74) is 2.07. The lowest BCUT2D eigenvalue weighted by atomic mass is 10.00. The second-order valence-corrected chi connectivity index (χ2v) is 6.06. The second-order valence-electron chi connectivity index (χ2n) is 6.06. The molecule has 0 saturated carbocycles. The summed E-state index contributed by atoms with van der Waals surface area (Å²) in [5, 5.41) is 15.0. The number of hydrogen-bond acceptors (Lipinski definition) is 6. The molecule has 0 aliphatic carbocycles. The van der Waals surface area contributed by atoms with Gasteiger partial charge in [-0.3, -0.25) is 9.89 Å². The summed E-state index contributed by atoms with van der Waals surface area (Å²) in [6.07, 6.45) is 2.95. The monoisotopic (exact) mass is 330 g/mol. The van der Waals surface area contributed by atoms with Crippen molar-refractivity contribution in [3.8, 4) is 0 Å². The predicted molar refractivity (Wildman–Crippen MR) is 86.6 cm³/mol. The molecule has 1 fully saturated rings. The van der Waals surface area contributed by atoms with E-state index in [1.54, 1.807) is 18.0 Å². The largest absolute Gasteiger partial charge is 0.376 e. The van der Waals surface area contributed by atoms with Gasteiger partial charge in [0.1, 0.15) is 12.2 Å². The van der Waals surface area contributed by atoms with Gasteiger partial charge in [-0.15, -0.1) is 0 Å². The summed E-state index contributed by atoms with van der Waals surface area (Å²) < 4.78 is 5.82. The van der Waals surface area contributed by atoms with E-state index in [0.717, 1.165) is 23.6 Å². The zero-order chi connectivity index (χ0) is 17.1. The molecule has 2 aromatic rings. The molecule has 1 aliphatic heterocycles. The van der Waals surface area contributed by atoms with E-state index < -0.39 is 0 Å². The Bertz CT molecular complexity index is 703. The highest BCUT2D eigenvalue weighted by Crippen LogP contribution is 2.29. The smallest absolute Gasteiger partial charge is 0.255 e. The van der Waals surface area contributed by atoms with Crippen LogP contribution in [-0.2, 0) is 11.2 Å². The highest BCUT2D eigenvalue weighted by molar-refractivity contribution is 5.95. The Morgan fingerprint density at radius 2 is 2.29 bits per heavy atom. The number of aromatic nitrogens is 5. The number of carbonyl (C=O) groups excluding carboxylic acids is 1. The maximum absolute atomic E-state index is 12.8. The number of H-pyrrole nitrogens is 1. The minimum atomic E-state index is -0.0899. The van der Waals surface area contributed by atoms with E-state index >= 15 is 0 Å². The molecule has 1 N–H and O–H groups in total. The van der Waals surface area contributed by atoms with Gasteiger partial charge in [0.15, 0.2) is 0 Å². The number of aryl methyl sites for hydroxylation is 2. The minimum absolute atomic E-state index is 0.0586. The van der Waals surface area contributed by atoms with Crippen LogP contribution < -0.4 is 0 Å². The van der Waals surface area contributed by atoms with Gasteiger partial charge < -0.3 is 9.64 Å². The Kier molecular flexibility index (Phi) is 4.84. The molecular weight excluding hydrogens is 308 g/mol. The molecule has 3 heterocycles. The van der Waals surface area contributed by atoms with Crippen molar-refractivity contribution in [2.45, 2.75) is 38.7 Å². The predicted octanol–water partition coefficient (Wildman–Crippen LogP) is 1.11. The molecule has 1 aliphatic rings. The standard InChI is InChI=1S/C16H22N6O2/c1-4-13-12(7-10(2)19-20-13)16(23)22(3)8-14-11(5-6-24-14)15-17-9-18-21-15/h7,9,11,14H,4-6,8H2,1-3H3,(H,17,18,21)/t11-,14-/m1/s1. The average Bonchev–Trinajstić information content (AvgIpc) is 3.25. The van der Waals surface area contributed by atoms with Crippen LogP contribution in [0.25, 0.3) is 0 Å². The number of carbonyl (C=O) groups is 1. The number of amides is 1. The third kappa shape index (κ3) is 3.28. The summed E-state index contributed by atoms with van der Waals surface area (Å²) in [4.78, 5) is 18.7. The van der Waals surface area contributed by atoms with Gasteiger partial charge in [0.2, 0.25) is 0 Å². The molecule has 8 heteroatoms. The normalized spacial score (nSPS) is 20.3. The van der Waals surface area contributed by atoms with Gasteiger partial charge in [-0.1, -0.05) is 6.92 Å². The second kappa shape index (κ2) is 7.04. The first-order valence-electron chi connectivity index (χ1n) is 8.15. The molecule has 0 unspecified atom stereocenters. The van der Waals surface area contributed by atoms with Crippen LogP contribution in [0.1, 0.15) is 46.8 Å². The van der Waals surface area contributed by atoms with Gasteiger partial charge in [0.25, 0.3) is 5.91 Å². The van der Waals surface area contributed by atoms with Crippen molar-refractivity contribution in [2.24, 2.45) is 0 Å². The van der Waals surface area contributed by atoms with E-state index in [1.165, 1.54) is 6.33 Å². The van der Waals surface area contributed by atoms with Crippen LogP contribution >= 0.6 is 0 Å². The third-order valence-electron chi connectivity index (χ3n) is 4.35. The number of nitrogens with one attached hydrogen (secondary N) is 1. The molecule has 2 aromatic heterocycles. The van der Waals surface area contributed by atoms with Crippen LogP contribution in [0.5, 0.6) is 0 Å². The molecule has 1 saturated heterocycles. The summed E-state index contributed by atoms with van der Waals surface area (Å²) in [6, 6.07) is 1.80. The van der Waals surface area contributed by atoms with Crippen molar-refractivity contribution >= 4 is 5.91 Å². The van der Waals surface area contributed by atoms with Gasteiger partial charge in [0, 0.05) is 26.1 Å². The van der Waals surface area contributed by atoms with E-state index in [1.807, 2.05) is 13.8 Å². The first-order valence-corrected chi connectivity index (χ1v) is 8.15. The van der Waals surface area contributed by atoms with Gasteiger partial charge >= 0.3 is 0 Å². The number of hydrogen-bond donors (Lipinski definition) is 1. The number of nitrogens with zero attached hydrogens (tertiary/aromatic N) is 5. The fourth-order valence-corrected chi connectivity index (χ4v) is 3.05. The Hall–Kier alpha value is -2.35. The molecule has 128 valence electrons. The third-order valence-corrected chi connectivity index (χ3v) is 4.35. The van der Waals surface area contributed by atoms with Crippen molar-refractivity contribution in [2.75, 3.05) is 20.2 Å². The van der Waals surface area contributed by atoms with Crippen LogP contribution in [0.4, 0.5) is 0 Å². The number of rotatable bonds is 5. The topological polar surface area (TPSA) is 96.9 Å². The van der Waals surface area contributed by atoms with Gasteiger partial charge in [0.05, 0.1) is 23.1 Å². The molecule has 24 heavy (non-hydrogen) atoms. The fraction of sp³-hybridized carbons (Fsp3) is 0.562. The van der Waals surface area contributed by atoms with Crippen molar-refractivity contribution in [3.05, 3.63) is 35.2 Å². The van der Waals surface area contributed by atoms with E-state index in [2.05, 4.69) is 25.4 Å². The summed E-state index contributed by atoms with van der Waals surface area (Å²) in [7, 11) is 1.79. The average molecular weight is 330 g/mol. The quantitative estimate of drug-likeness (QED) is 0.882. The summed E-state index contributed by atoms with van der Waals surface area (Å²) >= 11 is 0. The van der Waals surface area contributed by atoms with Crippen molar-refractivity contribution in [1.82, 2.24) is 30.3 Å². The maximum Gasteiger partial charge on any atom is 0.255 e. The highest BCUT2D eigenvalue weighted by Gasteiger charge is 2.33. The first kappa shape index (κ1) is 16.5. The molecule has 2 atom stereocenters. The van der Waals surface area contributed by atoms with Gasteiger partial charge in [-0.2, -0.15) is 15.3 Å². The lowest BCUT2D eigenvalue weighted by Crippen LogP contribution is -2.37. The molecule has 8 nitrogen and oxygen atoms in total. The van der Waals surface area contributed by atoms with Crippen LogP contribution in [0.15, 0.2) is 12.4 Å². The van der Waals surface area contributed by atoms with Crippen molar-refractivity contribution in [1.29, 1.82) is 0 Å². The van der Waals surface area contributed by atoms with Crippen molar-refractivity contribution in [3.63, 3.8) is 0 Å². The number of aromatic amines is 1. The first-order chi connectivity index (χ1) is 11.6. The SMILES string of the molecule is CCc1nnc(C)cc1C(=O)N(C)C[C@H]1OCC[C@H]1c1ncn[nH]1. The molecule has 0 aromatic carbocycles. The van der Waals surface area contributed by atoms with E-state index in [-0.39, 0.29) is 17.9 Å². The zero-order valence-corrected chi connectivity index (χ0v) is 14.2. The molecule has 0 radical (unpaired) electrons. The lowest BCUT2D eigenvalue weighted by Gasteiger charge is -2.24. The molecule has 1 amide bonds. The van der Waals surface area contributed by atoms with E-state index in [0.29, 0.717) is 25.1 Å². The molecule has 0 bridgehead atoms. The number of ether oxygens (including phenoxy) is 1. The Morgan fingerprint density at radius 1 is 1.46 bits per heavy atom. The van der Waals surface area contributed by atoms with Crippen LogP contribution in [0.3, 0.4) is 0 Å². The molecular formula is C16H22N6O2.